The van der Waals surface area contributed by atoms with E-state index >= 15 is 0 Å². The molecule has 0 bridgehead atoms. The zero-order valence-electron chi connectivity index (χ0n) is 16.8. The predicted molar refractivity (Wildman–Crippen MR) is 116 cm³/mol. The van der Waals surface area contributed by atoms with Gasteiger partial charge in [0.25, 0.3) is 0 Å². The van der Waals surface area contributed by atoms with Crippen molar-refractivity contribution in [3.05, 3.63) is 45.9 Å². The minimum Gasteiger partial charge on any atom is -0.283 e. The van der Waals surface area contributed by atoms with Gasteiger partial charge in [0.15, 0.2) is 0 Å². The minimum absolute atomic E-state index is 0.134. The van der Waals surface area contributed by atoms with Crippen LogP contribution in [0.25, 0.3) is 11.3 Å². The van der Waals surface area contributed by atoms with Crippen LogP contribution in [0, 0.1) is 11.3 Å². The maximum atomic E-state index is 13.2. The van der Waals surface area contributed by atoms with Gasteiger partial charge in [-0.05, 0) is 37.7 Å². The molecular weight excluding hydrogens is 378 g/mol. The van der Waals surface area contributed by atoms with Crippen LogP contribution in [0.3, 0.4) is 0 Å². The number of rotatable bonds is 3. The zero-order chi connectivity index (χ0) is 19.8. The molecule has 4 nitrogen and oxygen atoms in total. The Hall–Kier alpha value is -2.06. The van der Waals surface area contributed by atoms with Crippen molar-refractivity contribution in [2.75, 3.05) is 5.75 Å². The average Bonchev–Trinajstić information content (AvgIpc) is 3.28. The lowest BCUT2D eigenvalue weighted by Crippen LogP contribution is -2.38. The van der Waals surface area contributed by atoms with Gasteiger partial charge in [-0.3, -0.25) is 4.57 Å². The molecule has 2 fully saturated rings. The van der Waals surface area contributed by atoms with Crippen LogP contribution in [0.1, 0.15) is 75.0 Å². The van der Waals surface area contributed by atoms with Crippen LogP contribution in [-0.4, -0.2) is 15.3 Å². The third kappa shape index (κ3) is 3.13. The van der Waals surface area contributed by atoms with Crippen LogP contribution in [-0.2, 0) is 11.8 Å². The lowest BCUT2D eigenvalue weighted by atomic mass is 9.62. The van der Waals surface area contributed by atoms with Gasteiger partial charge in [0.05, 0.1) is 22.5 Å². The quantitative estimate of drug-likeness (QED) is 0.507. The van der Waals surface area contributed by atoms with Gasteiger partial charge in [-0.1, -0.05) is 68.1 Å². The Balaban J connectivity index is 1.75. The van der Waals surface area contributed by atoms with E-state index in [9.17, 15) is 10.1 Å². The van der Waals surface area contributed by atoms with Crippen LogP contribution in [0.2, 0.25) is 0 Å². The number of thioether (sulfide) groups is 1. The largest absolute Gasteiger partial charge is 0.349 e. The fourth-order valence-corrected chi connectivity index (χ4v) is 6.85. The fourth-order valence-electron chi connectivity index (χ4n) is 5.93. The highest BCUT2D eigenvalue weighted by atomic mass is 32.2. The first kappa shape index (κ1) is 18.9. The van der Waals surface area contributed by atoms with Gasteiger partial charge in [-0.2, -0.15) is 10.2 Å². The maximum Gasteiger partial charge on any atom is 0.349 e. The molecule has 0 saturated heterocycles. The van der Waals surface area contributed by atoms with Crippen molar-refractivity contribution in [3.8, 4) is 17.3 Å². The van der Waals surface area contributed by atoms with Gasteiger partial charge in [-0.25, -0.2) is 4.79 Å². The summed E-state index contributed by atoms with van der Waals surface area (Å²) in [6.45, 7) is 0. The monoisotopic (exact) mass is 405 g/mol. The summed E-state index contributed by atoms with van der Waals surface area (Å²) in [7, 11) is 0. The van der Waals surface area contributed by atoms with Crippen LogP contribution >= 0.6 is 11.8 Å². The van der Waals surface area contributed by atoms with E-state index in [1.807, 2.05) is 4.57 Å². The third-order valence-electron chi connectivity index (χ3n) is 7.22. The van der Waals surface area contributed by atoms with E-state index in [0.717, 1.165) is 35.5 Å². The van der Waals surface area contributed by atoms with Crippen molar-refractivity contribution < 1.29 is 0 Å². The van der Waals surface area contributed by atoms with E-state index in [1.165, 1.54) is 56.1 Å². The molecule has 0 unspecified atom stereocenters. The van der Waals surface area contributed by atoms with Crippen molar-refractivity contribution in [3.63, 3.8) is 0 Å². The molecule has 1 aromatic carbocycles. The molecule has 5 rings (SSSR count). The first-order valence-corrected chi connectivity index (χ1v) is 12.0. The number of benzene rings is 1. The molecule has 5 heteroatoms. The van der Waals surface area contributed by atoms with Gasteiger partial charge in [-0.15, -0.1) is 0 Å². The molecule has 29 heavy (non-hydrogen) atoms. The molecular formula is C24H27N3OS. The molecule has 1 spiro atoms. The number of hydrogen-bond acceptors (Lipinski definition) is 4. The number of fused-ring (bicyclic) bond motifs is 4. The second kappa shape index (κ2) is 7.65. The summed E-state index contributed by atoms with van der Waals surface area (Å²) in [5, 5.41) is 10.3. The lowest BCUT2D eigenvalue weighted by molar-refractivity contribution is 0.284. The molecule has 2 aromatic rings. The van der Waals surface area contributed by atoms with Crippen LogP contribution in [0.5, 0.6) is 0 Å². The predicted octanol–water partition coefficient (Wildman–Crippen LogP) is 5.40. The van der Waals surface area contributed by atoms with Crippen LogP contribution < -0.4 is 5.69 Å². The van der Waals surface area contributed by atoms with Crippen molar-refractivity contribution in [2.45, 2.75) is 80.7 Å². The highest BCUT2D eigenvalue weighted by Gasteiger charge is 2.42. The summed E-state index contributed by atoms with van der Waals surface area (Å²) in [5.41, 5.74) is 4.64. The summed E-state index contributed by atoms with van der Waals surface area (Å²) >= 11 is 1.55. The molecule has 1 aromatic heterocycles. The van der Waals surface area contributed by atoms with E-state index in [1.54, 1.807) is 11.8 Å². The van der Waals surface area contributed by atoms with Crippen molar-refractivity contribution in [2.24, 2.45) is 0 Å². The molecule has 0 N–H and O–H groups in total. The van der Waals surface area contributed by atoms with Crippen molar-refractivity contribution in [1.82, 2.24) is 9.55 Å². The molecule has 0 amide bonds. The molecule has 0 aliphatic heterocycles. The summed E-state index contributed by atoms with van der Waals surface area (Å²) in [4.78, 5) is 17.9. The Morgan fingerprint density at radius 2 is 1.90 bits per heavy atom. The molecule has 0 atom stereocenters. The standard InChI is InChI=1S/C24H27N3OS/c25-14-15-29-22-19-16-24(12-6-1-7-13-24)20-11-5-4-10-18(20)21(19)26-23(28)27(22)17-8-2-3-9-17/h4-5,10-11,17H,1-3,6-9,12-13,15-16H2. The molecule has 2 saturated carbocycles. The molecule has 3 aliphatic rings. The highest BCUT2D eigenvalue weighted by molar-refractivity contribution is 7.99. The molecule has 0 radical (unpaired) electrons. The Morgan fingerprint density at radius 3 is 2.66 bits per heavy atom. The summed E-state index contributed by atoms with van der Waals surface area (Å²) in [6, 6.07) is 11.1. The van der Waals surface area contributed by atoms with Crippen LogP contribution in [0.15, 0.2) is 34.1 Å². The number of nitrogens with zero attached hydrogens (tertiary/aromatic N) is 3. The second-order valence-corrected chi connectivity index (χ2v) is 9.81. The van der Waals surface area contributed by atoms with Gasteiger partial charge in [0.2, 0.25) is 0 Å². The van der Waals surface area contributed by atoms with E-state index in [4.69, 9.17) is 0 Å². The van der Waals surface area contributed by atoms with Crippen molar-refractivity contribution in [1.29, 1.82) is 5.26 Å². The normalized spacial score (nSPS) is 20.2. The smallest absolute Gasteiger partial charge is 0.283 e. The molecule has 3 aliphatic carbocycles. The molecule has 150 valence electrons. The summed E-state index contributed by atoms with van der Waals surface area (Å²) in [6.07, 6.45) is 11.6. The van der Waals surface area contributed by atoms with Gasteiger partial charge in [0, 0.05) is 22.6 Å². The van der Waals surface area contributed by atoms with E-state index in [-0.39, 0.29) is 17.1 Å². The Bertz CT molecular complexity index is 1020. The Labute approximate surface area is 176 Å². The van der Waals surface area contributed by atoms with Gasteiger partial charge < -0.3 is 0 Å². The zero-order valence-corrected chi connectivity index (χ0v) is 17.6. The number of nitriles is 1. The van der Waals surface area contributed by atoms with Crippen LogP contribution in [0.4, 0.5) is 0 Å². The Kier molecular flexibility index (Phi) is 4.99. The minimum atomic E-state index is -0.134. The first-order valence-electron chi connectivity index (χ1n) is 11.0. The van der Waals surface area contributed by atoms with Crippen molar-refractivity contribution >= 4 is 11.8 Å². The average molecular weight is 406 g/mol. The lowest BCUT2D eigenvalue weighted by Gasteiger charge is -2.43. The highest BCUT2D eigenvalue weighted by Crippen LogP contribution is 2.51. The maximum absolute atomic E-state index is 13.2. The topological polar surface area (TPSA) is 58.7 Å². The molecule has 1 heterocycles. The second-order valence-electron chi connectivity index (χ2n) is 8.85. The third-order valence-corrected chi connectivity index (χ3v) is 8.21. The fraction of sp³-hybridized carbons (Fsp3) is 0.542. The number of hydrogen-bond donors (Lipinski definition) is 0. The Morgan fingerprint density at radius 1 is 1.14 bits per heavy atom. The van der Waals surface area contributed by atoms with Gasteiger partial charge in [0.1, 0.15) is 0 Å². The number of aromatic nitrogens is 2. The SMILES string of the molecule is N#CCSc1c2c(nc(=O)n1C1CCCC1)-c1ccccc1C1(CCCCC1)C2. The van der Waals surface area contributed by atoms with Gasteiger partial charge >= 0.3 is 5.69 Å². The van der Waals surface area contributed by atoms with E-state index < -0.39 is 0 Å². The summed E-state index contributed by atoms with van der Waals surface area (Å²) in [5.74, 6) is 0.372. The summed E-state index contributed by atoms with van der Waals surface area (Å²) < 4.78 is 1.96. The van der Waals surface area contributed by atoms with E-state index in [0.29, 0.717) is 5.75 Å². The van der Waals surface area contributed by atoms with E-state index in [2.05, 4.69) is 35.3 Å². The first-order chi connectivity index (χ1) is 14.2.